The zero-order valence-electron chi connectivity index (χ0n) is 14.2. The van der Waals surface area contributed by atoms with Crippen molar-refractivity contribution in [3.63, 3.8) is 0 Å². The van der Waals surface area contributed by atoms with Gasteiger partial charge in [-0.05, 0) is 17.5 Å². The molecule has 0 aliphatic rings. The molecule has 0 aliphatic carbocycles. The lowest BCUT2D eigenvalue weighted by Gasteiger charge is -2.35. The maximum absolute atomic E-state index is 13.0. The second kappa shape index (κ2) is 8.29. The van der Waals surface area contributed by atoms with Crippen molar-refractivity contribution >= 4 is 11.9 Å². The van der Waals surface area contributed by atoms with E-state index in [9.17, 15) is 14.7 Å². The van der Waals surface area contributed by atoms with Crippen LogP contribution in [-0.4, -0.2) is 23.7 Å². The highest BCUT2D eigenvalue weighted by atomic mass is 16.5. The van der Waals surface area contributed by atoms with Gasteiger partial charge in [0.1, 0.15) is 6.61 Å². The van der Waals surface area contributed by atoms with Crippen molar-refractivity contribution < 1.29 is 19.4 Å². The third-order valence-corrected chi connectivity index (χ3v) is 4.35. The number of carbonyl (C=O) groups is 2. The van der Waals surface area contributed by atoms with E-state index < -0.39 is 23.3 Å². The monoisotopic (exact) mass is 338 g/mol. The largest absolute Gasteiger partial charge is 0.480 e. The van der Waals surface area contributed by atoms with E-state index in [0.29, 0.717) is 12.0 Å². The molecule has 2 aromatic rings. The molecule has 2 aromatic carbocycles. The Hall–Kier alpha value is -2.88. The number of benzene rings is 2. The Bertz CT molecular complexity index is 724. The Labute approximate surface area is 147 Å². The number of ether oxygens (including phenoxy) is 1. The van der Waals surface area contributed by atoms with Crippen LogP contribution in [0.4, 0.5) is 0 Å². The van der Waals surface area contributed by atoms with Crippen LogP contribution >= 0.6 is 0 Å². The normalized spacial score (nSPS) is 14.1. The lowest BCUT2D eigenvalue weighted by molar-refractivity contribution is -0.162. The van der Waals surface area contributed by atoms with Gasteiger partial charge in [0, 0.05) is 5.92 Å². The molecule has 4 heteroatoms. The summed E-state index contributed by atoms with van der Waals surface area (Å²) in [6, 6.07) is 17.8. The Balaban J connectivity index is 2.70. The van der Waals surface area contributed by atoms with E-state index >= 15 is 0 Å². The molecule has 0 fully saturated rings. The van der Waals surface area contributed by atoms with E-state index in [-0.39, 0.29) is 6.61 Å². The summed E-state index contributed by atoms with van der Waals surface area (Å²) in [6.45, 7) is 5.37. The fourth-order valence-corrected chi connectivity index (χ4v) is 3.25. The zero-order chi connectivity index (χ0) is 18.3. The van der Waals surface area contributed by atoms with E-state index in [4.69, 9.17) is 4.74 Å². The summed E-state index contributed by atoms with van der Waals surface area (Å²) < 4.78 is 5.24. The first kappa shape index (κ1) is 18.5. The fourth-order valence-electron chi connectivity index (χ4n) is 3.25. The van der Waals surface area contributed by atoms with Crippen LogP contribution in [0.3, 0.4) is 0 Å². The lowest BCUT2D eigenvalue weighted by Crippen LogP contribution is -2.49. The molecule has 2 atom stereocenters. The second-order valence-electron chi connectivity index (χ2n) is 5.74. The van der Waals surface area contributed by atoms with Crippen molar-refractivity contribution in [2.24, 2.45) is 0 Å². The highest BCUT2D eigenvalue weighted by Crippen LogP contribution is 2.43. The molecule has 0 saturated carbocycles. The predicted molar refractivity (Wildman–Crippen MR) is 96.4 cm³/mol. The molecule has 0 amide bonds. The maximum atomic E-state index is 13.0. The van der Waals surface area contributed by atoms with Crippen LogP contribution < -0.4 is 0 Å². The molecule has 2 rings (SSSR count). The molecular formula is C21H22O4. The Morgan fingerprint density at radius 2 is 1.68 bits per heavy atom. The van der Waals surface area contributed by atoms with Gasteiger partial charge in [-0.2, -0.15) is 0 Å². The summed E-state index contributed by atoms with van der Waals surface area (Å²) in [5.74, 6) is -2.56. The molecule has 0 aromatic heterocycles. The van der Waals surface area contributed by atoms with Gasteiger partial charge in [0.25, 0.3) is 0 Å². The predicted octanol–water partition coefficient (Wildman–Crippen LogP) is 3.93. The van der Waals surface area contributed by atoms with Crippen molar-refractivity contribution in [1.29, 1.82) is 0 Å². The minimum absolute atomic E-state index is 0.0358. The number of esters is 1. The second-order valence-corrected chi connectivity index (χ2v) is 5.74. The highest BCUT2D eigenvalue weighted by Gasteiger charge is 2.55. The highest BCUT2D eigenvalue weighted by molar-refractivity contribution is 6.07. The van der Waals surface area contributed by atoms with Crippen LogP contribution in [0.15, 0.2) is 73.3 Å². The van der Waals surface area contributed by atoms with Crippen LogP contribution in [0.2, 0.25) is 0 Å². The van der Waals surface area contributed by atoms with Gasteiger partial charge in [0.2, 0.25) is 0 Å². The van der Waals surface area contributed by atoms with Gasteiger partial charge in [-0.15, -0.1) is 0 Å². The number of carbonyl (C=O) groups excluding carboxylic acids is 1. The Morgan fingerprint density at radius 3 is 2.16 bits per heavy atom. The van der Waals surface area contributed by atoms with Gasteiger partial charge in [0.05, 0.1) is 0 Å². The van der Waals surface area contributed by atoms with Gasteiger partial charge in [-0.1, -0.05) is 80.2 Å². The van der Waals surface area contributed by atoms with Crippen molar-refractivity contribution in [3.8, 4) is 0 Å². The van der Waals surface area contributed by atoms with Crippen LogP contribution in [0.1, 0.15) is 30.4 Å². The lowest BCUT2D eigenvalue weighted by atomic mass is 9.66. The van der Waals surface area contributed by atoms with Crippen molar-refractivity contribution in [3.05, 3.63) is 84.4 Å². The molecule has 4 nitrogen and oxygen atoms in total. The quantitative estimate of drug-likeness (QED) is 0.450. The molecule has 0 radical (unpaired) electrons. The smallest absolute Gasteiger partial charge is 0.329 e. The van der Waals surface area contributed by atoms with E-state index in [1.165, 1.54) is 6.08 Å². The first-order valence-electron chi connectivity index (χ1n) is 8.21. The molecule has 0 aliphatic heterocycles. The number of carboxylic acid groups (broad SMARTS) is 1. The number of hydrogen-bond acceptors (Lipinski definition) is 3. The van der Waals surface area contributed by atoms with E-state index in [2.05, 4.69) is 6.58 Å². The molecule has 1 N–H and O–H groups in total. The summed E-state index contributed by atoms with van der Waals surface area (Å²) in [5.41, 5.74) is -0.625. The third-order valence-electron chi connectivity index (χ3n) is 4.35. The topological polar surface area (TPSA) is 63.6 Å². The first-order valence-corrected chi connectivity index (χ1v) is 8.21. The van der Waals surface area contributed by atoms with Gasteiger partial charge < -0.3 is 9.84 Å². The van der Waals surface area contributed by atoms with Crippen molar-refractivity contribution in [2.75, 3.05) is 6.61 Å². The molecule has 2 unspecified atom stereocenters. The first-order chi connectivity index (χ1) is 12.1. The average molecular weight is 338 g/mol. The molecule has 0 saturated heterocycles. The Morgan fingerprint density at radius 1 is 1.12 bits per heavy atom. The van der Waals surface area contributed by atoms with Crippen LogP contribution in [0.25, 0.3) is 0 Å². The van der Waals surface area contributed by atoms with Gasteiger partial charge in [0.15, 0.2) is 5.41 Å². The standard InChI is InChI=1S/C21H22O4/c1-3-15-25-20(24)21(19(22)23,17-13-9-6-10-14-17)18(4-2)16-11-7-5-8-12-16/h3,5-14,18H,1,4,15H2,2H3,(H,22,23). The summed E-state index contributed by atoms with van der Waals surface area (Å²) in [5, 5.41) is 10.2. The molecule has 0 bridgehead atoms. The SMILES string of the molecule is C=CCOC(=O)C(C(=O)O)(c1ccccc1)C(CC)c1ccccc1. The maximum Gasteiger partial charge on any atom is 0.329 e. The number of hydrogen-bond donors (Lipinski definition) is 1. The summed E-state index contributed by atoms with van der Waals surface area (Å²) in [7, 11) is 0. The number of rotatable bonds is 8. The minimum atomic E-state index is -1.82. The van der Waals surface area contributed by atoms with Crippen LogP contribution in [0, 0.1) is 0 Å². The summed E-state index contributed by atoms with van der Waals surface area (Å²) in [6.07, 6.45) is 1.90. The third kappa shape index (κ3) is 3.48. The van der Waals surface area contributed by atoms with Gasteiger partial charge in [-0.25, -0.2) is 0 Å². The van der Waals surface area contributed by atoms with Crippen LogP contribution in [-0.2, 0) is 19.7 Å². The van der Waals surface area contributed by atoms with E-state index in [0.717, 1.165) is 5.56 Å². The zero-order valence-corrected chi connectivity index (χ0v) is 14.2. The van der Waals surface area contributed by atoms with Crippen LogP contribution in [0.5, 0.6) is 0 Å². The summed E-state index contributed by atoms with van der Waals surface area (Å²) >= 11 is 0. The number of carboxylic acids is 1. The molecular weight excluding hydrogens is 316 g/mol. The molecule has 130 valence electrons. The summed E-state index contributed by atoms with van der Waals surface area (Å²) in [4.78, 5) is 25.5. The average Bonchev–Trinajstić information content (AvgIpc) is 2.65. The van der Waals surface area contributed by atoms with Crippen molar-refractivity contribution in [2.45, 2.75) is 24.7 Å². The van der Waals surface area contributed by atoms with Gasteiger partial charge >= 0.3 is 11.9 Å². The van der Waals surface area contributed by atoms with E-state index in [1.807, 2.05) is 37.3 Å². The molecule has 0 heterocycles. The minimum Gasteiger partial charge on any atom is -0.480 e. The Kier molecular flexibility index (Phi) is 6.12. The van der Waals surface area contributed by atoms with Gasteiger partial charge in [-0.3, -0.25) is 9.59 Å². The molecule has 25 heavy (non-hydrogen) atoms. The molecule has 0 spiro atoms. The van der Waals surface area contributed by atoms with Crippen molar-refractivity contribution in [1.82, 2.24) is 0 Å². The fraction of sp³-hybridized carbons (Fsp3) is 0.238. The number of aliphatic carboxylic acids is 1. The van der Waals surface area contributed by atoms with E-state index in [1.54, 1.807) is 30.3 Å².